The molecule has 3 fully saturated rings. The highest BCUT2D eigenvalue weighted by atomic mass is 32.1. The smallest absolute Gasteiger partial charge is 0.309 e. The molecule has 7 rings (SSSR count). The number of carbonyl (C=O) groups is 3. The van der Waals surface area contributed by atoms with E-state index in [9.17, 15) is 19.5 Å². The Hall–Kier alpha value is -4.13. The first kappa shape index (κ1) is 25.2. The monoisotopic (exact) mass is 549 g/mol. The van der Waals surface area contributed by atoms with Crippen molar-refractivity contribution in [2.75, 3.05) is 6.54 Å². The van der Waals surface area contributed by atoms with Crippen LogP contribution in [0.1, 0.15) is 71.0 Å². The number of aliphatic carboxylic acids is 1. The van der Waals surface area contributed by atoms with Crippen LogP contribution in [0.3, 0.4) is 0 Å². The lowest BCUT2D eigenvalue weighted by atomic mass is 9.53. The zero-order valence-corrected chi connectivity index (χ0v) is 22.1. The Morgan fingerprint density at radius 3 is 2.54 bits per heavy atom. The lowest BCUT2D eigenvalue weighted by Crippen LogP contribution is -2.50. The molecule has 1 aromatic carbocycles. The number of nitrogens with one attached hydrogen (secondary N) is 3. The SMILES string of the molecule is Cc1nc2cc(CNC(=O)c3cc(C(=O)NCC45CCC(C(=O)O)(CC4)CC5)nc4n[nH]c(=S)n34)ccc2o1. The van der Waals surface area contributed by atoms with E-state index < -0.39 is 23.2 Å². The third-order valence-corrected chi connectivity index (χ3v) is 8.62. The molecule has 3 aliphatic rings. The number of H-pyrrole nitrogens is 1. The van der Waals surface area contributed by atoms with Gasteiger partial charge in [0.15, 0.2) is 11.5 Å². The summed E-state index contributed by atoms with van der Waals surface area (Å²) in [6, 6.07) is 6.89. The molecule has 2 bridgehead atoms. The van der Waals surface area contributed by atoms with Gasteiger partial charge in [-0.1, -0.05) is 6.07 Å². The van der Waals surface area contributed by atoms with E-state index in [1.54, 1.807) is 13.0 Å². The molecule has 3 aliphatic carbocycles. The Balaban J connectivity index is 1.18. The van der Waals surface area contributed by atoms with E-state index in [0.29, 0.717) is 42.8 Å². The molecule has 3 heterocycles. The number of rotatable bonds is 7. The maximum atomic E-state index is 13.3. The van der Waals surface area contributed by atoms with Crippen molar-refractivity contribution in [1.82, 2.24) is 35.2 Å². The third-order valence-electron chi connectivity index (χ3n) is 8.35. The Morgan fingerprint density at radius 1 is 1.08 bits per heavy atom. The normalized spacial score (nSPS) is 22.3. The van der Waals surface area contributed by atoms with E-state index in [1.807, 2.05) is 12.1 Å². The van der Waals surface area contributed by atoms with Gasteiger partial charge >= 0.3 is 5.97 Å². The number of fused-ring (bicyclic) bond motifs is 5. The second-order valence-corrected chi connectivity index (χ2v) is 11.1. The average molecular weight is 550 g/mol. The predicted molar refractivity (Wildman–Crippen MR) is 141 cm³/mol. The quantitative estimate of drug-likeness (QED) is 0.253. The van der Waals surface area contributed by atoms with Crippen molar-refractivity contribution >= 4 is 46.9 Å². The number of hydrogen-bond donors (Lipinski definition) is 4. The Labute approximate surface area is 227 Å². The summed E-state index contributed by atoms with van der Waals surface area (Å²) in [7, 11) is 0. The summed E-state index contributed by atoms with van der Waals surface area (Å²) in [6.45, 7) is 2.41. The zero-order valence-electron chi connectivity index (χ0n) is 21.2. The van der Waals surface area contributed by atoms with Crippen LogP contribution in [-0.4, -0.2) is 54.0 Å². The first-order chi connectivity index (χ1) is 18.7. The number of aryl methyl sites for hydroxylation is 1. The minimum atomic E-state index is -0.713. The van der Waals surface area contributed by atoms with Crippen LogP contribution in [0, 0.1) is 22.5 Å². The van der Waals surface area contributed by atoms with Crippen LogP contribution in [0.25, 0.3) is 16.9 Å². The molecule has 0 unspecified atom stereocenters. The van der Waals surface area contributed by atoms with Crippen molar-refractivity contribution in [1.29, 1.82) is 0 Å². The molecule has 0 aliphatic heterocycles. The summed E-state index contributed by atoms with van der Waals surface area (Å²) in [4.78, 5) is 46.8. The molecule has 4 aromatic rings. The summed E-state index contributed by atoms with van der Waals surface area (Å²) in [5.41, 5.74) is 1.64. The first-order valence-electron chi connectivity index (χ1n) is 12.8. The van der Waals surface area contributed by atoms with Gasteiger partial charge in [0.05, 0.1) is 5.41 Å². The molecule has 2 amide bonds. The third kappa shape index (κ3) is 4.46. The lowest BCUT2D eigenvalue weighted by molar-refractivity contribution is -0.158. The molecule has 13 heteroatoms. The van der Waals surface area contributed by atoms with E-state index >= 15 is 0 Å². The molecule has 0 radical (unpaired) electrons. The largest absolute Gasteiger partial charge is 0.481 e. The fourth-order valence-corrected chi connectivity index (χ4v) is 6.10. The number of carboxylic acid groups (broad SMARTS) is 1. The number of nitrogens with zero attached hydrogens (tertiary/aromatic N) is 4. The van der Waals surface area contributed by atoms with E-state index in [1.165, 1.54) is 10.5 Å². The highest BCUT2D eigenvalue weighted by Gasteiger charge is 2.52. The van der Waals surface area contributed by atoms with Crippen molar-refractivity contribution in [3.05, 3.63) is 51.9 Å². The average Bonchev–Trinajstić information content (AvgIpc) is 3.51. The van der Waals surface area contributed by atoms with Crippen LogP contribution in [0.4, 0.5) is 0 Å². The lowest BCUT2D eigenvalue weighted by Gasteiger charge is -2.51. The number of benzene rings is 1. The topological polar surface area (TPSA) is 168 Å². The van der Waals surface area contributed by atoms with Crippen molar-refractivity contribution < 1.29 is 23.9 Å². The Morgan fingerprint density at radius 2 is 1.82 bits per heavy atom. The van der Waals surface area contributed by atoms with Crippen LogP contribution in [0.5, 0.6) is 0 Å². The predicted octanol–water partition coefficient (Wildman–Crippen LogP) is 3.32. The number of aromatic amines is 1. The summed E-state index contributed by atoms with van der Waals surface area (Å²) >= 11 is 5.30. The van der Waals surface area contributed by atoms with Crippen molar-refractivity contribution in [2.24, 2.45) is 10.8 Å². The number of oxazole rings is 1. The van der Waals surface area contributed by atoms with Gasteiger partial charge in [-0.15, -0.1) is 5.10 Å². The Bertz CT molecular complexity index is 1680. The second-order valence-electron chi connectivity index (χ2n) is 10.7. The van der Waals surface area contributed by atoms with E-state index in [-0.39, 0.29) is 33.9 Å². The highest BCUT2D eigenvalue weighted by Crippen LogP contribution is 2.56. The molecular formula is C26H27N7O5S. The number of hydrogen-bond acceptors (Lipinski definition) is 8. The van der Waals surface area contributed by atoms with Gasteiger partial charge in [-0.05, 0) is 79.9 Å². The van der Waals surface area contributed by atoms with E-state index in [2.05, 4.69) is 30.8 Å². The minimum Gasteiger partial charge on any atom is -0.481 e. The fourth-order valence-electron chi connectivity index (χ4n) is 5.88. The van der Waals surface area contributed by atoms with Crippen LogP contribution in [-0.2, 0) is 11.3 Å². The zero-order chi connectivity index (χ0) is 27.4. The minimum absolute atomic E-state index is 0.0454. The van der Waals surface area contributed by atoms with Gasteiger partial charge in [0.2, 0.25) is 4.77 Å². The van der Waals surface area contributed by atoms with Crippen molar-refractivity contribution in [2.45, 2.75) is 52.0 Å². The van der Waals surface area contributed by atoms with Crippen molar-refractivity contribution in [3.8, 4) is 0 Å². The highest BCUT2D eigenvalue weighted by molar-refractivity contribution is 7.71. The molecular weight excluding hydrogens is 522 g/mol. The summed E-state index contributed by atoms with van der Waals surface area (Å²) in [6.07, 6.45) is 4.15. The molecule has 0 saturated heterocycles. The number of aromatic nitrogens is 5. The molecule has 3 saturated carbocycles. The number of carboxylic acids is 1. The van der Waals surface area contributed by atoms with Gasteiger partial charge in [-0.25, -0.2) is 19.5 Å². The maximum Gasteiger partial charge on any atom is 0.309 e. The summed E-state index contributed by atoms with van der Waals surface area (Å²) in [5.74, 6) is -0.923. The van der Waals surface area contributed by atoms with Crippen molar-refractivity contribution in [3.63, 3.8) is 0 Å². The van der Waals surface area contributed by atoms with Crippen LogP contribution in [0.2, 0.25) is 0 Å². The van der Waals surface area contributed by atoms with Crippen LogP contribution in [0.15, 0.2) is 28.7 Å². The van der Waals surface area contributed by atoms with Crippen LogP contribution >= 0.6 is 12.2 Å². The van der Waals surface area contributed by atoms with Crippen LogP contribution < -0.4 is 10.6 Å². The maximum absolute atomic E-state index is 13.3. The molecule has 202 valence electrons. The van der Waals surface area contributed by atoms with Gasteiger partial charge in [0, 0.05) is 20.0 Å². The summed E-state index contributed by atoms with van der Waals surface area (Å²) in [5, 5.41) is 22.2. The molecule has 0 spiro atoms. The van der Waals surface area contributed by atoms with E-state index in [4.69, 9.17) is 16.6 Å². The number of amides is 2. The van der Waals surface area contributed by atoms with Gasteiger partial charge in [0.1, 0.15) is 16.9 Å². The van der Waals surface area contributed by atoms with Gasteiger partial charge in [0.25, 0.3) is 17.6 Å². The molecule has 4 N–H and O–H groups in total. The standard InChI is InChI=1S/C26H27N7O5S/c1-14-29-16-10-15(2-3-19(16)38-14)12-27-21(35)18-11-17(30-23-31-32-24(39)33(18)23)20(34)28-13-25-4-7-26(8-5-25,9-6-25)22(36)37/h2-3,10-11H,4-9,12-13H2,1H3,(H,27,35)(H,28,34)(H,32,39)(H,36,37). The van der Waals surface area contributed by atoms with Gasteiger partial charge in [-0.2, -0.15) is 0 Å². The van der Waals surface area contributed by atoms with E-state index in [0.717, 1.165) is 24.8 Å². The first-order valence-corrected chi connectivity index (χ1v) is 13.2. The molecule has 12 nitrogen and oxygen atoms in total. The molecule has 0 atom stereocenters. The Kier molecular flexibility index (Phi) is 5.97. The molecule has 3 aromatic heterocycles. The molecule has 39 heavy (non-hydrogen) atoms. The second kappa shape index (κ2) is 9.26. The number of carbonyl (C=O) groups excluding carboxylic acids is 2. The fraction of sp³-hybridized carbons (Fsp3) is 0.423. The van der Waals surface area contributed by atoms with Gasteiger partial charge in [-0.3, -0.25) is 14.4 Å². The summed E-state index contributed by atoms with van der Waals surface area (Å²) < 4.78 is 7.07. The van der Waals surface area contributed by atoms with Gasteiger partial charge < -0.3 is 20.2 Å².